The van der Waals surface area contributed by atoms with E-state index in [1.165, 1.54) is 5.56 Å². The van der Waals surface area contributed by atoms with Crippen molar-refractivity contribution in [2.24, 2.45) is 0 Å². The molecule has 0 amide bonds. The molecule has 1 fully saturated rings. The first-order chi connectivity index (χ1) is 8.23. The van der Waals surface area contributed by atoms with Crippen LogP contribution < -0.4 is 0 Å². The highest BCUT2D eigenvalue weighted by molar-refractivity contribution is 9.08. The maximum absolute atomic E-state index is 5.83. The molecule has 90 valence electrons. The molecular formula is C13H13BrO3. The Morgan fingerprint density at radius 2 is 2.06 bits per heavy atom. The standard InChI is InChI=1S/C13H13BrO3/c1-13(15-5-6-16-13)12-7-10-9(8-14)3-2-4-11(10)17-12/h2-4,7H,5-6,8H2,1H3. The van der Waals surface area contributed by atoms with Gasteiger partial charge in [-0.25, -0.2) is 0 Å². The van der Waals surface area contributed by atoms with Crippen molar-refractivity contribution in [1.29, 1.82) is 0 Å². The SMILES string of the molecule is CC1(c2cc3c(CBr)cccc3o2)OCCO1. The first-order valence-corrected chi connectivity index (χ1v) is 6.71. The first kappa shape index (κ1) is 11.3. The molecule has 0 bridgehead atoms. The Labute approximate surface area is 108 Å². The molecule has 0 saturated carbocycles. The fraction of sp³-hybridized carbons (Fsp3) is 0.385. The van der Waals surface area contributed by atoms with Crippen LogP contribution in [0.4, 0.5) is 0 Å². The van der Waals surface area contributed by atoms with Gasteiger partial charge in [-0.2, -0.15) is 0 Å². The molecule has 1 aliphatic heterocycles. The summed E-state index contributed by atoms with van der Waals surface area (Å²) in [5.41, 5.74) is 2.08. The average Bonchev–Trinajstić information content (AvgIpc) is 2.95. The first-order valence-electron chi connectivity index (χ1n) is 5.59. The van der Waals surface area contributed by atoms with Crippen LogP contribution in [0.2, 0.25) is 0 Å². The molecule has 4 heteroatoms. The van der Waals surface area contributed by atoms with Crippen LogP contribution in [-0.4, -0.2) is 13.2 Å². The molecule has 1 aromatic carbocycles. The summed E-state index contributed by atoms with van der Waals surface area (Å²) in [5.74, 6) is 0.00110. The maximum atomic E-state index is 5.83. The normalized spacial score (nSPS) is 18.9. The summed E-state index contributed by atoms with van der Waals surface area (Å²) in [6.45, 7) is 3.11. The second-order valence-electron chi connectivity index (χ2n) is 4.22. The van der Waals surface area contributed by atoms with Crippen molar-refractivity contribution >= 4 is 26.9 Å². The summed E-state index contributed by atoms with van der Waals surface area (Å²) in [4.78, 5) is 0. The van der Waals surface area contributed by atoms with Crippen LogP contribution in [0.1, 0.15) is 18.2 Å². The number of ether oxygens (including phenoxy) is 2. The number of rotatable bonds is 2. The van der Waals surface area contributed by atoms with Gasteiger partial charge in [-0.3, -0.25) is 0 Å². The highest BCUT2D eigenvalue weighted by Gasteiger charge is 2.36. The van der Waals surface area contributed by atoms with E-state index in [1.807, 2.05) is 25.1 Å². The van der Waals surface area contributed by atoms with Crippen LogP contribution in [0, 0.1) is 0 Å². The van der Waals surface area contributed by atoms with Crippen molar-refractivity contribution in [3.63, 3.8) is 0 Å². The van der Waals surface area contributed by atoms with Crippen LogP contribution in [0.3, 0.4) is 0 Å². The molecule has 0 radical (unpaired) electrons. The quantitative estimate of drug-likeness (QED) is 0.794. The van der Waals surface area contributed by atoms with Crippen molar-refractivity contribution in [1.82, 2.24) is 0 Å². The number of alkyl halides is 1. The van der Waals surface area contributed by atoms with Crippen molar-refractivity contribution in [2.75, 3.05) is 13.2 Å². The minimum Gasteiger partial charge on any atom is -0.455 e. The molecule has 0 atom stereocenters. The third kappa shape index (κ3) is 1.80. The lowest BCUT2D eigenvalue weighted by atomic mass is 10.1. The fourth-order valence-corrected chi connectivity index (χ4v) is 2.61. The van der Waals surface area contributed by atoms with Gasteiger partial charge in [0.1, 0.15) is 5.58 Å². The molecule has 2 aromatic rings. The molecule has 1 saturated heterocycles. The minimum absolute atomic E-state index is 0.610. The molecular weight excluding hydrogens is 284 g/mol. The molecule has 3 rings (SSSR count). The lowest BCUT2D eigenvalue weighted by Crippen LogP contribution is -2.21. The highest BCUT2D eigenvalue weighted by atomic mass is 79.9. The number of hydrogen-bond acceptors (Lipinski definition) is 3. The molecule has 1 aliphatic rings. The summed E-state index contributed by atoms with van der Waals surface area (Å²) in [6, 6.07) is 8.04. The largest absolute Gasteiger partial charge is 0.455 e. The van der Waals surface area contributed by atoms with Gasteiger partial charge in [0.15, 0.2) is 5.76 Å². The number of hydrogen-bond donors (Lipinski definition) is 0. The van der Waals surface area contributed by atoms with Gasteiger partial charge in [0.2, 0.25) is 5.79 Å². The Morgan fingerprint density at radius 1 is 1.29 bits per heavy atom. The Balaban J connectivity index is 2.13. The van der Waals surface area contributed by atoms with E-state index in [4.69, 9.17) is 13.9 Å². The second kappa shape index (κ2) is 4.12. The molecule has 2 heterocycles. The summed E-state index contributed by atoms with van der Waals surface area (Å²) < 4.78 is 17.0. The van der Waals surface area contributed by atoms with E-state index in [2.05, 4.69) is 22.0 Å². The summed E-state index contributed by atoms with van der Waals surface area (Å²) in [5, 5.41) is 1.92. The third-order valence-corrected chi connectivity index (χ3v) is 3.69. The predicted octanol–water partition coefficient (Wildman–Crippen LogP) is 3.55. The molecule has 3 nitrogen and oxygen atoms in total. The summed E-state index contributed by atoms with van der Waals surface area (Å²) in [7, 11) is 0. The Kier molecular flexibility index (Phi) is 2.73. The van der Waals surface area contributed by atoms with Crippen LogP contribution >= 0.6 is 15.9 Å². The van der Waals surface area contributed by atoms with Gasteiger partial charge in [0.25, 0.3) is 0 Å². The van der Waals surface area contributed by atoms with Gasteiger partial charge in [-0.1, -0.05) is 28.1 Å². The van der Waals surface area contributed by atoms with Gasteiger partial charge in [-0.15, -0.1) is 0 Å². The van der Waals surface area contributed by atoms with E-state index in [0.29, 0.717) is 13.2 Å². The van der Waals surface area contributed by atoms with E-state index in [9.17, 15) is 0 Å². The van der Waals surface area contributed by atoms with Crippen LogP contribution in [0.5, 0.6) is 0 Å². The van der Waals surface area contributed by atoms with Crippen molar-refractivity contribution in [3.05, 3.63) is 35.6 Å². The number of halogens is 1. The third-order valence-electron chi connectivity index (χ3n) is 3.08. The van der Waals surface area contributed by atoms with E-state index in [0.717, 1.165) is 22.1 Å². The summed E-state index contributed by atoms with van der Waals surface area (Å²) >= 11 is 3.48. The van der Waals surface area contributed by atoms with Crippen molar-refractivity contribution in [3.8, 4) is 0 Å². The van der Waals surface area contributed by atoms with Gasteiger partial charge in [0.05, 0.1) is 13.2 Å². The van der Waals surface area contributed by atoms with E-state index < -0.39 is 5.79 Å². The lowest BCUT2D eigenvalue weighted by Gasteiger charge is -2.18. The zero-order valence-electron chi connectivity index (χ0n) is 9.53. The number of furan rings is 1. The van der Waals surface area contributed by atoms with E-state index in [1.54, 1.807) is 0 Å². The zero-order valence-corrected chi connectivity index (χ0v) is 11.1. The molecule has 0 N–H and O–H groups in total. The number of fused-ring (bicyclic) bond motifs is 1. The minimum atomic E-state index is -0.734. The highest BCUT2D eigenvalue weighted by Crippen LogP contribution is 2.35. The molecule has 0 aliphatic carbocycles. The topological polar surface area (TPSA) is 31.6 Å². The average molecular weight is 297 g/mol. The van der Waals surface area contributed by atoms with Crippen molar-refractivity contribution < 1.29 is 13.9 Å². The molecule has 0 spiro atoms. The smallest absolute Gasteiger partial charge is 0.225 e. The number of benzene rings is 1. The van der Waals surface area contributed by atoms with Crippen LogP contribution in [-0.2, 0) is 20.6 Å². The lowest BCUT2D eigenvalue weighted by molar-refractivity contribution is -0.162. The monoisotopic (exact) mass is 296 g/mol. The van der Waals surface area contributed by atoms with E-state index in [-0.39, 0.29) is 0 Å². The predicted molar refractivity (Wildman–Crippen MR) is 68.1 cm³/mol. The molecule has 1 aromatic heterocycles. The van der Waals surface area contributed by atoms with Gasteiger partial charge < -0.3 is 13.9 Å². The summed E-state index contributed by atoms with van der Waals surface area (Å²) in [6.07, 6.45) is 0. The fourth-order valence-electron chi connectivity index (χ4n) is 2.12. The maximum Gasteiger partial charge on any atom is 0.225 e. The van der Waals surface area contributed by atoms with Gasteiger partial charge in [0, 0.05) is 10.7 Å². The second-order valence-corrected chi connectivity index (χ2v) is 4.78. The zero-order chi connectivity index (χ0) is 11.9. The van der Waals surface area contributed by atoms with Gasteiger partial charge >= 0.3 is 0 Å². The Hall–Kier alpha value is -0.840. The van der Waals surface area contributed by atoms with E-state index >= 15 is 0 Å². The van der Waals surface area contributed by atoms with Gasteiger partial charge in [-0.05, 0) is 24.6 Å². The van der Waals surface area contributed by atoms with Crippen LogP contribution in [0.15, 0.2) is 28.7 Å². The van der Waals surface area contributed by atoms with Crippen LogP contribution in [0.25, 0.3) is 11.0 Å². The Bertz CT molecular complexity index is 541. The van der Waals surface area contributed by atoms with Crippen molar-refractivity contribution in [2.45, 2.75) is 18.0 Å². The molecule has 17 heavy (non-hydrogen) atoms. The Morgan fingerprint density at radius 3 is 2.76 bits per heavy atom. The molecule has 0 unspecified atom stereocenters.